The van der Waals surface area contributed by atoms with Crippen LogP contribution in [0.1, 0.15) is 34.3 Å². The lowest BCUT2D eigenvalue weighted by molar-refractivity contribution is -0.192. The fourth-order valence-corrected chi connectivity index (χ4v) is 2.55. The summed E-state index contributed by atoms with van der Waals surface area (Å²) in [6.45, 7) is 3.38. The van der Waals surface area contributed by atoms with E-state index in [9.17, 15) is 18.0 Å². The summed E-state index contributed by atoms with van der Waals surface area (Å²) in [4.78, 5) is 22.2. The maximum Gasteiger partial charge on any atom is 0.490 e. The molecule has 164 valence electrons. The van der Waals surface area contributed by atoms with Crippen LogP contribution in [0, 0.1) is 0 Å². The summed E-state index contributed by atoms with van der Waals surface area (Å²) in [5.74, 6) is -3.65. The van der Waals surface area contributed by atoms with E-state index >= 15 is 0 Å². The minimum atomic E-state index is -5.08. The molecule has 0 spiro atoms. The lowest BCUT2D eigenvalue weighted by Gasteiger charge is -2.22. The Labute approximate surface area is 172 Å². The SMILES string of the molecule is NCCCCN(Cc1ccccc1)Cc1ccc(C(=O)O)cc1.O=C(O)C(F)(F)F. The van der Waals surface area contributed by atoms with Gasteiger partial charge >= 0.3 is 18.1 Å². The van der Waals surface area contributed by atoms with Gasteiger partial charge in [0.05, 0.1) is 5.56 Å². The summed E-state index contributed by atoms with van der Waals surface area (Å²) in [6.07, 6.45) is -3.00. The van der Waals surface area contributed by atoms with Crippen molar-refractivity contribution in [2.24, 2.45) is 5.73 Å². The lowest BCUT2D eigenvalue weighted by Crippen LogP contribution is -2.24. The number of hydrogen-bond acceptors (Lipinski definition) is 4. The number of aliphatic carboxylic acids is 1. The highest BCUT2D eigenvalue weighted by atomic mass is 19.4. The number of nitrogens with two attached hydrogens (primary N) is 1. The summed E-state index contributed by atoms with van der Waals surface area (Å²) >= 11 is 0. The Kier molecular flexibility index (Phi) is 10.6. The van der Waals surface area contributed by atoms with Crippen LogP contribution in [0.25, 0.3) is 0 Å². The monoisotopic (exact) mass is 426 g/mol. The average molecular weight is 426 g/mol. The highest BCUT2D eigenvalue weighted by Crippen LogP contribution is 2.13. The van der Waals surface area contributed by atoms with Crippen molar-refractivity contribution >= 4 is 11.9 Å². The van der Waals surface area contributed by atoms with Crippen LogP contribution in [-0.4, -0.2) is 46.3 Å². The number of hydrogen-bond donors (Lipinski definition) is 3. The summed E-state index contributed by atoms with van der Waals surface area (Å²) < 4.78 is 31.7. The number of benzene rings is 2. The van der Waals surface area contributed by atoms with Crippen molar-refractivity contribution in [3.8, 4) is 0 Å². The van der Waals surface area contributed by atoms with E-state index < -0.39 is 18.1 Å². The van der Waals surface area contributed by atoms with E-state index in [0.717, 1.165) is 38.0 Å². The summed E-state index contributed by atoms with van der Waals surface area (Å²) in [7, 11) is 0. The van der Waals surface area contributed by atoms with Gasteiger partial charge in [0.25, 0.3) is 0 Å². The first kappa shape index (κ1) is 25.1. The van der Waals surface area contributed by atoms with Gasteiger partial charge < -0.3 is 15.9 Å². The van der Waals surface area contributed by atoms with Crippen LogP contribution in [0.5, 0.6) is 0 Å². The molecule has 0 aromatic heterocycles. The Hall–Kier alpha value is -2.91. The predicted molar refractivity (Wildman–Crippen MR) is 106 cm³/mol. The molecule has 0 saturated carbocycles. The van der Waals surface area contributed by atoms with Crippen molar-refractivity contribution in [3.63, 3.8) is 0 Å². The topological polar surface area (TPSA) is 104 Å². The third kappa shape index (κ3) is 10.0. The number of carboxylic acids is 2. The molecule has 0 saturated heterocycles. The highest BCUT2D eigenvalue weighted by molar-refractivity contribution is 5.87. The van der Waals surface area contributed by atoms with Crippen LogP contribution < -0.4 is 5.73 Å². The number of carboxylic acid groups (broad SMARTS) is 2. The molecular weight excluding hydrogens is 401 g/mol. The highest BCUT2D eigenvalue weighted by Gasteiger charge is 2.38. The number of aromatic carboxylic acids is 1. The second-order valence-electron chi connectivity index (χ2n) is 6.50. The van der Waals surface area contributed by atoms with Gasteiger partial charge in [-0.1, -0.05) is 42.5 Å². The molecule has 9 heteroatoms. The summed E-state index contributed by atoms with van der Waals surface area (Å²) in [5.41, 5.74) is 8.32. The first-order valence-corrected chi connectivity index (χ1v) is 9.22. The van der Waals surface area contributed by atoms with E-state index in [1.807, 2.05) is 18.2 Å². The lowest BCUT2D eigenvalue weighted by atomic mass is 10.1. The van der Waals surface area contributed by atoms with E-state index in [0.29, 0.717) is 12.1 Å². The zero-order chi connectivity index (χ0) is 22.6. The largest absolute Gasteiger partial charge is 0.490 e. The summed E-state index contributed by atoms with van der Waals surface area (Å²) in [5, 5.41) is 16.1. The molecule has 0 amide bonds. The molecule has 0 radical (unpaired) electrons. The Morgan fingerprint density at radius 3 is 1.80 bits per heavy atom. The Morgan fingerprint density at radius 2 is 1.37 bits per heavy atom. The van der Waals surface area contributed by atoms with E-state index in [2.05, 4.69) is 29.2 Å². The molecule has 0 aliphatic rings. The van der Waals surface area contributed by atoms with E-state index in [1.54, 1.807) is 12.1 Å². The maximum absolute atomic E-state index is 10.9. The first-order chi connectivity index (χ1) is 14.1. The minimum absolute atomic E-state index is 0.325. The molecule has 2 aromatic carbocycles. The van der Waals surface area contributed by atoms with Crippen LogP contribution in [-0.2, 0) is 17.9 Å². The van der Waals surface area contributed by atoms with Crippen molar-refractivity contribution in [1.29, 1.82) is 0 Å². The third-order valence-electron chi connectivity index (χ3n) is 4.03. The minimum Gasteiger partial charge on any atom is -0.478 e. The van der Waals surface area contributed by atoms with Gasteiger partial charge in [0, 0.05) is 13.1 Å². The molecule has 6 nitrogen and oxygen atoms in total. The molecule has 0 fully saturated rings. The smallest absolute Gasteiger partial charge is 0.478 e. The van der Waals surface area contributed by atoms with Crippen molar-refractivity contribution in [3.05, 3.63) is 71.3 Å². The van der Waals surface area contributed by atoms with Crippen molar-refractivity contribution in [1.82, 2.24) is 4.90 Å². The summed E-state index contributed by atoms with van der Waals surface area (Å²) in [6, 6.07) is 17.5. The van der Waals surface area contributed by atoms with Gasteiger partial charge in [-0.25, -0.2) is 9.59 Å². The number of halogens is 3. The number of nitrogens with zero attached hydrogens (tertiary/aromatic N) is 1. The van der Waals surface area contributed by atoms with Crippen LogP contribution >= 0.6 is 0 Å². The first-order valence-electron chi connectivity index (χ1n) is 9.22. The van der Waals surface area contributed by atoms with Crippen LogP contribution in [0.3, 0.4) is 0 Å². The molecular formula is C21H25F3N2O4. The van der Waals surface area contributed by atoms with Crippen LogP contribution in [0.15, 0.2) is 54.6 Å². The standard InChI is InChI=1S/C19H24N2O2.C2HF3O2/c20-12-4-5-13-21(14-16-6-2-1-3-7-16)15-17-8-10-18(11-9-17)19(22)23;3-2(4,5)1(6)7/h1-3,6-11H,4-5,12-15,20H2,(H,22,23);(H,6,7). The van der Waals surface area contributed by atoms with E-state index in [4.69, 9.17) is 20.7 Å². The third-order valence-corrected chi connectivity index (χ3v) is 4.03. The van der Waals surface area contributed by atoms with Crippen molar-refractivity contribution in [2.45, 2.75) is 32.1 Å². The second-order valence-corrected chi connectivity index (χ2v) is 6.50. The normalized spacial score (nSPS) is 11.0. The van der Waals surface area contributed by atoms with Crippen LogP contribution in [0.4, 0.5) is 13.2 Å². The molecule has 0 bridgehead atoms. The van der Waals surface area contributed by atoms with Gasteiger partial charge in [0.2, 0.25) is 0 Å². The average Bonchev–Trinajstić information content (AvgIpc) is 2.69. The molecule has 2 aromatic rings. The molecule has 30 heavy (non-hydrogen) atoms. The molecule has 0 unspecified atom stereocenters. The van der Waals surface area contributed by atoms with Gasteiger partial charge in [-0.3, -0.25) is 4.90 Å². The fraction of sp³-hybridized carbons (Fsp3) is 0.333. The fourth-order valence-electron chi connectivity index (χ4n) is 2.55. The Morgan fingerprint density at radius 1 is 0.867 bits per heavy atom. The molecule has 0 atom stereocenters. The van der Waals surface area contributed by atoms with Gasteiger partial charge in [0.1, 0.15) is 0 Å². The van der Waals surface area contributed by atoms with Crippen molar-refractivity contribution in [2.75, 3.05) is 13.1 Å². The molecule has 4 N–H and O–H groups in total. The maximum atomic E-state index is 10.9. The van der Waals surface area contributed by atoms with Gasteiger partial charge in [-0.2, -0.15) is 13.2 Å². The number of alkyl halides is 3. The Bertz CT molecular complexity index is 781. The molecule has 0 aliphatic heterocycles. The number of carbonyl (C=O) groups is 2. The number of unbranched alkanes of at least 4 members (excludes halogenated alkanes) is 1. The van der Waals surface area contributed by atoms with Crippen LogP contribution in [0.2, 0.25) is 0 Å². The van der Waals surface area contributed by atoms with Gasteiger partial charge in [-0.05, 0) is 49.2 Å². The Balaban J connectivity index is 0.000000553. The molecule has 0 aliphatic carbocycles. The number of rotatable bonds is 9. The zero-order valence-electron chi connectivity index (χ0n) is 16.3. The van der Waals surface area contributed by atoms with Gasteiger partial charge in [0.15, 0.2) is 0 Å². The predicted octanol–water partition coefficient (Wildman–Crippen LogP) is 3.76. The van der Waals surface area contributed by atoms with Crippen molar-refractivity contribution < 1.29 is 33.0 Å². The quantitative estimate of drug-likeness (QED) is 0.528. The zero-order valence-corrected chi connectivity index (χ0v) is 16.3. The van der Waals surface area contributed by atoms with E-state index in [-0.39, 0.29) is 0 Å². The molecule has 0 heterocycles. The van der Waals surface area contributed by atoms with E-state index in [1.165, 1.54) is 5.56 Å². The second kappa shape index (κ2) is 12.6. The molecule has 2 rings (SSSR count). The van der Waals surface area contributed by atoms with Gasteiger partial charge in [-0.15, -0.1) is 0 Å².